The van der Waals surface area contributed by atoms with E-state index >= 15 is 0 Å². The van der Waals surface area contributed by atoms with Crippen LogP contribution in [0.25, 0.3) is 0 Å². The Morgan fingerprint density at radius 2 is 2.00 bits per heavy atom. The Balaban J connectivity index is 2.66. The molecule has 1 aliphatic heterocycles. The summed E-state index contributed by atoms with van der Waals surface area (Å²) in [6.07, 6.45) is 0.780. The number of urea groups is 1. The van der Waals surface area contributed by atoms with E-state index in [4.69, 9.17) is 0 Å². The van der Waals surface area contributed by atoms with Crippen LogP contribution in [0.15, 0.2) is 0 Å². The third-order valence-corrected chi connectivity index (χ3v) is 2.38. The summed E-state index contributed by atoms with van der Waals surface area (Å²) in [5.74, 6) is -0.774. The van der Waals surface area contributed by atoms with E-state index < -0.39 is 12.1 Å². The molecule has 72 valence electrons. The molecule has 0 spiro atoms. The zero-order chi connectivity index (χ0) is 10.0. The van der Waals surface area contributed by atoms with Crippen molar-refractivity contribution < 1.29 is 14.4 Å². The lowest BCUT2D eigenvalue weighted by Crippen LogP contribution is -2.38. The zero-order valence-corrected chi connectivity index (χ0v) is 7.53. The minimum Gasteiger partial charge on any atom is -0.326 e. The average molecular weight is 184 g/mol. The molecule has 0 radical (unpaired) electrons. The fourth-order valence-corrected chi connectivity index (χ4v) is 1.23. The highest BCUT2D eigenvalue weighted by molar-refractivity contribution is 6.04. The number of imide groups is 1. The maximum atomic E-state index is 11.1. The van der Waals surface area contributed by atoms with Crippen LogP contribution < -0.4 is 10.6 Å². The van der Waals surface area contributed by atoms with Crippen molar-refractivity contribution >= 4 is 18.2 Å². The summed E-state index contributed by atoms with van der Waals surface area (Å²) in [5.41, 5.74) is 0. The number of amides is 3. The summed E-state index contributed by atoms with van der Waals surface area (Å²) < 4.78 is 0. The van der Waals surface area contributed by atoms with Gasteiger partial charge in [0.2, 0.25) is 0 Å². The average Bonchev–Trinajstić information content (AvgIpc) is 2.42. The van der Waals surface area contributed by atoms with E-state index in [1.165, 1.54) is 0 Å². The Hall–Kier alpha value is -1.39. The number of aldehydes is 1. The zero-order valence-electron chi connectivity index (χ0n) is 7.53. The van der Waals surface area contributed by atoms with Crippen LogP contribution in [0.4, 0.5) is 4.79 Å². The second kappa shape index (κ2) is 3.55. The quantitative estimate of drug-likeness (QED) is 0.465. The lowest BCUT2D eigenvalue weighted by molar-refractivity contribution is -0.122. The van der Waals surface area contributed by atoms with Gasteiger partial charge >= 0.3 is 6.03 Å². The van der Waals surface area contributed by atoms with Gasteiger partial charge in [-0.25, -0.2) is 4.79 Å². The van der Waals surface area contributed by atoms with E-state index in [1.807, 2.05) is 0 Å². The molecule has 0 aromatic rings. The summed E-state index contributed by atoms with van der Waals surface area (Å²) >= 11 is 0. The first-order chi connectivity index (χ1) is 6.06. The lowest BCUT2D eigenvalue weighted by atomic mass is 9.90. The first kappa shape index (κ1) is 9.70. The first-order valence-corrected chi connectivity index (χ1v) is 4.13. The second-order valence-corrected chi connectivity index (χ2v) is 3.29. The molecule has 0 saturated carbocycles. The van der Waals surface area contributed by atoms with Gasteiger partial charge in [0.05, 0.1) is 0 Å². The smallest absolute Gasteiger partial charge is 0.322 e. The molecule has 0 aromatic heterocycles. The normalized spacial score (nSPS) is 26.2. The maximum Gasteiger partial charge on any atom is 0.322 e. The molecule has 1 saturated heterocycles. The molecular formula is C8H12N2O3. The van der Waals surface area contributed by atoms with Gasteiger partial charge in [-0.1, -0.05) is 13.8 Å². The molecule has 1 heterocycles. The van der Waals surface area contributed by atoms with Crippen LogP contribution in [0.2, 0.25) is 0 Å². The van der Waals surface area contributed by atoms with E-state index in [0.29, 0.717) is 0 Å². The summed E-state index contributed by atoms with van der Waals surface area (Å²) in [4.78, 5) is 32.3. The van der Waals surface area contributed by atoms with Gasteiger partial charge in [-0.3, -0.25) is 10.1 Å². The highest BCUT2D eigenvalue weighted by Crippen LogP contribution is 2.15. The molecule has 1 rings (SSSR count). The topological polar surface area (TPSA) is 75.3 Å². The van der Waals surface area contributed by atoms with Crippen molar-refractivity contribution in [2.45, 2.75) is 19.9 Å². The summed E-state index contributed by atoms with van der Waals surface area (Å²) in [6.45, 7) is 3.48. The van der Waals surface area contributed by atoms with Crippen molar-refractivity contribution in [3.8, 4) is 0 Å². The monoisotopic (exact) mass is 184 g/mol. The van der Waals surface area contributed by atoms with E-state index in [0.717, 1.165) is 6.29 Å². The molecule has 1 aliphatic rings. The second-order valence-electron chi connectivity index (χ2n) is 3.29. The van der Waals surface area contributed by atoms with Crippen molar-refractivity contribution in [2.24, 2.45) is 11.8 Å². The molecule has 5 heteroatoms. The van der Waals surface area contributed by atoms with Crippen molar-refractivity contribution in [1.29, 1.82) is 0 Å². The van der Waals surface area contributed by atoms with Crippen LogP contribution in [-0.4, -0.2) is 24.3 Å². The molecule has 0 unspecified atom stereocenters. The summed E-state index contributed by atoms with van der Waals surface area (Å²) in [7, 11) is 0. The van der Waals surface area contributed by atoms with Gasteiger partial charge < -0.3 is 10.1 Å². The molecule has 3 amide bonds. The molecule has 2 N–H and O–H groups in total. The fraction of sp³-hybridized carbons (Fsp3) is 0.625. The number of carbonyl (C=O) groups excluding carboxylic acids is 3. The molecule has 0 aromatic carbocycles. The molecule has 1 fully saturated rings. The Kier molecular flexibility index (Phi) is 2.65. The number of hydrogen-bond acceptors (Lipinski definition) is 3. The minimum atomic E-state index is -0.576. The van der Waals surface area contributed by atoms with Gasteiger partial charge in [-0.2, -0.15) is 0 Å². The van der Waals surface area contributed by atoms with Gasteiger partial charge in [0.25, 0.3) is 5.91 Å². The van der Waals surface area contributed by atoms with Gasteiger partial charge in [0, 0.05) is 5.92 Å². The Labute approximate surface area is 75.9 Å². The standard InChI is InChI=1S/C8H12N2O3/c1-4(3-11)5(2)6-7(12)10-8(13)9-6/h3-6H,1-2H3,(H2,9,10,12,13)/t4-,5+,6+/m1/s1. The van der Waals surface area contributed by atoms with Gasteiger partial charge in [0.1, 0.15) is 12.3 Å². The predicted molar refractivity (Wildman–Crippen MR) is 44.9 cm³/mol. The van der Waals surface area contributed by atoms with Crippen molar-refractivity contribution in [1.82, 2.24) is 10.6 Å². The van der Waals surface area contributed by atoms with E-state index in [1.54, 1.807) is 13.8 Å². The van der Waals surface area contributed by atoms with E-state index in [-0.39, 0.29) is 17.7 Å². The molecule has 13 heavy (non-hydrogen) atoms. The third kappa shape index (κ3) is 1.85. The van der Waals surface area contributed by atoms with Crippen LogP contribution in [0.5, 0.6) is 0 Å². The van der Waals surface area contributed by atoms with Crippen LogP contribution in [0.3, 0.4) is 0 Å². The summed E-state index contributed by atoms with van der Waals surface area (Å²) in [6, 6.07) is -1.06. The van der Waals surface area contributed by atoms with Gasteiger partial charge in [-0.15, -0.1) is 0 Å². The molecular weight excluding hydrogens is 172 g/mol. The number of hydrogen-bond donors (Lipinski definition) is 2. The number of carbonyl (C=O) groups is 3. The SMILES string of the molecule is C[C@@H]([C@H](C)C=O)[C@@H]1NC(=O)NC1=O. The van der Waals surface area contributed by atoms with Crippen LogP contribution in [-0.2, 0) is 9.59 Å². The Bertz CT molecular complexity index is 252. The Morgan fingerprint density at radius 3 is 2.38 bits per heavy atom. The maximum absolute atomic E-state index is 11.1. The molecule has 0 aliphatic carbocycles. The van der Waals surface area contributed by atoms with E-state index in [9.17, 15) is 14.4 Å². The van der Waals surface area contributed by atoms with Crippen molar-refractivity contribution in [3.63, 3.8) is 0 Å². The predicted octanol–water partition coefficient (Wildman–Crippen LogP) is -0.334. The van der Waals surface area contributed by atoms with Crippen LogP contribution in [0.1, 0.15) is 13.8 Å². The van der Waals surface area contributed by atoms with Crippen LogP contribution >= 0.6 is 0 Å². The highest BCUT2D eigenvalue weighted by atomic mass is 16.2. The highest BCUT2D eigenvalue weighted by Gasteiger charge is 2.35. The van der Waals surface area contributed by atoms with E-state index in [2.05, 4.69) is 10.6 Å². The van der Waals surface area contributed by atoms with Gasteiger partial charge in [-0.05, 0) is 5.92 Å². The molecule has 3 atom stereocenters. The van der Waals surface area contributed by atoms with Gasteiger partial charge in [0.15, 0.2) is 0 Å². The van der Waals surface area contributed by atoms with Crippen molar-refractivity contribution in [3.05, 3.63) is 0 Å². The first-order valence-electron chi connectivity index (χ1n) is 4.13. The fourth-order valence-electron chi connectivity index (χ4n) is 1.23. The minimum absolute atomic E-state index is 0.177. The number of nitrogens with one attached hydrogen (secondary N) is 2. The van der Waals surface area contributed by atoms with Crippen LogP contribution in [0, 0.1) is 11.8 Å². The Morgan fingerprint density at radius 1 is 1.38 bits per heavy atom. The molecule has 0 bridgehead atoms. The summed E-state index contributed by atoms with van der Waals surface area (Å²) in [5, 5.41) is 4.58. The lowest BCUT2D eigenvalue weighted by Gasteiger charge is -2.18. The number of rotatable bonds is 3. The van der Waals surface area contributed by atoms with Crippen molar-refractivity contribution in [2.75, 3.05) is 0 Å². The largest absolute Gasteiger partial charge is 0.326 e. The molecule has 5 nitrogen and oxygen atoms in total. The third-order valence-electron chi connectivity index (χ3n) is 2.38.